The molecule has 21 heavy (non-hydrogen) atoms. The third kappa shape index (κ3) is 3.45. The first-order valence-corrected chi connectivity index (χ1v) is 7.54. The fraction of sp³-hybridized carbons (Fsp3) is 0.143. The van der Waals surface area contributed by atoms with E-state index < -0.39 is 16.0 Å². The van der Waals surface area contributed by atoms with E-state index in [1.54, 1.807) is 24.5 Å². The summed E-state index contributed by atoms with van der Waals surface area (Å²) in [5, 5.41) is 8.82. The molecule has 0 saturated carbocycles. The molecule has 6 nitrogen and oxygen atoms in total. The number of aromatic nitrogens is 1. The van der Waals surface area contributed by atoms with Crippen molar-refractivity contribution >= 4 is 16.0 Å². The Bertz CT molecular complexity index is 727. The van der Waals surface area contributed by atoms with Gasteiger partial charge in [-0.1, -0.05) is 6.07 Å². The van der Waals surface area contributed by atoms with E-state index in [1.165, 1.54) is 35.6 Å². The Hall–Kier alpha value is -2.25. The number of pyridine rings is 1. The molecule has 2 rings (SSSR count). The van der Waals surface area contributed by atoms with Crippen LogP contribution < -0.4 is 0 Å². The van der Waals surface area contributed by atoms with E-state index in [1.807, 2.05) is 0 Å². The number of aromatic carboxylic acids is 1. The highest BCUT2D eigenvalue weighted by atomic mass is 32.2. The summed E-state index contributed by atoms with van der Waals surface area (Å²) < 4.78 is 25.9. The number of carboxylic acid groups (broad SMARTS) is 1. The third-order valence-electron chi connectivity index (χ3n) is 2.94. The van der Waals surface area contributed by atoms with Crippen molar-refractivity contribution in [2.45, 2.75) is 11.4 Å². The highest BCUT2D eigenvalue weighted by Crippen LogP contribution is 2.17. The molecule has 0 aliphatic carbocycles. The van der Waals surface area contributed by atoms with E-state index in [0.717, 1.165) is 5.56 Å². The molecule has 0 aliphatic rings. The molecule has 1 heterocycles. The van der Waals surface area contributed by atoms with Crippen LogP contribution in [-0.4, -0.2) is 35.8 Å². The summed E-state index contributed by atoms with van der Waals surface area (Å²) in [7, 11) is -2.20. The molecule has 0 unspecified atom stereocenters. The number of nitrogens with zero attached hydrogens (tertiary/aromatic N) is 2. The molecule has 1 aromatic heterocycles. The average molecular weight is 306 g/mol. The number of hydrogen-bond donors (Lipinski definition) is 1. The van der Waals surface area contributed by atoms with Crippen LogP contribution in [0, 0.1) is 0 Å². The van der Waals surface area contributed by atoms with Crippen LogP contribution in [0.2, 0.25) is 0 Å². The monoisotopic (exact) mass is 306 g/mol. The molecule has 0 spiro atoms. The minimum atomic E-state index is -3.67. The van der Waals surface area contributed by atoms with E-state index in [0.29, 0.717) is 0 Å². The Labute approximate surface area is 122 Å². The summed E-state index contributed by atoms with van der Waals surface area (Å²) in [6, 6.07) is 8.64. The predicted octanol–water partition coefficient (Wildman–Crippen LogP) is 1.60. The number of hydrogen-bond acceptors (Lipinski definition) is 4. The fourth-order valence-corrected chi connectivity index (χ4v) is 2.94. The van der Waals surface area contributed by atoms with Crippen molar-refractivity contribution in [2.24, 2.45) is 0 Å². The fourth-order valence-electron chi connectivity index (χ4n) is 1.78. The first-order chi connectivity index (χ1) is 9.91. The van der Waals surface area contributed by atoms with Gasteiger partial charge < -0.3 is 5.11 Å². The average Bonchev–Trinajstić information content (AvgIpc) is 2.48. The molecule has 0 aliphatic heterocycles. The van der Waals surface area contributed by atoms with E-state index in [9.17, 15) is 13.2 Å². The highest BCUT2D eigenvalue weighted by Gasteiger charge is 2.21. The van der Waals surface area contributed by atoms with Crippen molar-refractivity contribution in [3.05, 3.63) is 59.9 Å². The largest absolute Gasteiger partial charge is 0.478 e. The summed E-state index contributed by atoms with van der Waals surface area (Å²) in [5.74, 6) is -1.09. The Morgan fingerprint density at radius 2 is 1.90 bits per heavy atom. The second kappa shape index (κ2) is 6.02. The minimum absolute atomic E-state index is 0.0452. The third-order valence-corrected chi connectivity index (χ3v) is 4.76. The first kappa shape index (κ1) is 15.1. The van der Waals surface area contributed by atoms with Crippen LogP contribution in [0.15, 0.2) is 53.7 Å². The van der Waals surface area contributed by atoms with Crippen molar-refractivity contribution in [3.63, 3.8) is 0 Å². The predicted molar refractivity (Wildman–Crippen MR) is 76.3 cm³/mol. The van der Waals surface area contributed by atoms with Crippen LogP contribution in [0.25, 0.3) is 0 Å². The zero-order chi connectivity index (χ0) is 15.5. The van der Waals surface area contributed by atoms with Crippen molar-refractivity contribution in [2.75, 3.05) is 7.05 Å². The zero-order valence-corrected chi connectivity index (χ0v) is 12.1. The molecule has 0 saturated heterocycles. The number of rotatable bonds is 5. The van der Waals surface area contributed by atoms with Gasteiger partial charge in [-0.25, -0.2) is 13.2 Å². The van der Waals surface area contributed by atoms with Crippen molar-refractivity contribution in [1.82, 2.24) is 9.29 Å². The Morgan fingerprint density at radius 3 is 2.43 bits per heavy atom. The first-order valence-electron chi connectivity index (χ1n) is 6.10. The van der Waals surface area contributed by atoms with E-state index in [-0.39, 0.29) is 17.0 Å². The summed E-state index contributed by atoms with van der Waals surface area (Å²) in [5.41, 5.74) is 0.814. The topological polar surface area (TPSA) is 87.6 Å². The van der Waals surface area contributed by atoms with Crippen LogP contribution in [0.4, 0.5) is 0 Å². The molecule has 2 aromatic rings. The van der Waals surface area contributed by atoms with E-state index >= 15 is 0 Å². The van der Waals surface area contributed by atoms with Gasteiger partial charge in [0.2, 0.25) is 10.0 Å². The molecule has 0 amide bonds. The molecule has 1 aromatic carbocycles. The van der Waals surface area contributed by atoms with E-state index in [2.05, 4.69) is 4.98 Å². The summed E-state index contributed by atoms with van der Waals surface area (Å²) >= 11 is 0. The van der Waals surface area contributed by atoms with Gasteiger partial charge in [-0.2, -0.15) is 4.31 Å². The number of carbonyl (C=O) groups is 1. The highest BCUT2D eigenvalue weighted by molar-refractivity contribution is 7.89. The zero-order valence-electron chi connectivity index (χ0n) is 11.3. The molecular formula is C14H14N2O4S. The second-order valence-electron chi connectivity index (χ2n) is 4.45. The maximum Gasteiger partial charge on any atom is 0.335 e. The number of benzene rings is 1. The molecule has 0 radical (unpaired) electrons. The molecule has 7 heteroatoms. The lowest BCUT2D eigenvalue weighted by Crippen LogP contribution is -2.26. The molecule has 0 bridgehead atoms. The Morgan fingerprint density at radius 1 is 1.24 bits per heavy atom. The summed E-state index contributed by atoms with van der Waals surface area (Å²) in [6.07, 6.45) is 3.21. The van der Waals surface area contributed by atoms with Crippen LogP contribution >= 0.6 is 0 Å². The molecule has 0 fully saturated rings. The Balaban J connectivity index is 2.22. The summed E-state index contributed by atoms with van der Waals surface area (Å²) in [4.78, 5) is 14.8. The minimum Gasteiger partial charge on any atom is -0.478 e. The van der Waals surface area contributed by atoms with Gasteiger partial charge in [-0.15, -0.1) is 0 Å². The van der Waals surface area contributed by atoms with Crippen LogP contribution in [0.5, 0.6) is 0 Å². The van der Waals surface area contributed by atoms with Gasteiger partial charge in [0.05, 0.1) is 10.5 Å². The molecule has 1 N–H and O–H groups in total. The van der Waals surface area contributed by atoms with Gasteiger partial charge in [0, 0.05) is 26.0 Å². The smallest absolute Gasteiger partial charge is 0.335 e. The van der Waals surface area contributed by atoms with Crippen molar-refractivity contribution in [3.8, 4) is 0 Å². The lowest BCUT2D eigenvalue weighted by molar-refractivity contribution is 0.0696. The van der Waals surface area contributed by atoms with Crippen molar-refractivity contribution < 1.29 is 18.3 Å². The van der Waals surface area contributed by atoms with Crippen molar-refractivity contribution in [1.29, 1.82) is 0 Å². The molecule has 0 atom stereocenters. The summed E-state index contributed by atoms with van der Waals surface area (Å²) in [6.45, 7) is 0.191. The number of sulfonamides is 1. The lowest BCUT2D eigenvalue weighted by Gasteiger charge is -2.17. The SMILES string of the molecule is CN(Cc1cccnc1)S(=O)(=O)c1ccc(C(=O)O)cc1. The van der Waals surface area contributed by atoms with Gasteiger partial charge >= 0.3 is 5.97 Å². The van der Waals surface area contributed by atoms with Crippen LogP contribution in [-0.2, 0) is 16.6 Å². The standard InChI is InChI=1S/C14H14N2O4S/c1-16(10-11-3-2-8-15-9-11)21(19,20)13-6-4-12(5-7-13)14(17)18/h2-9H,10H2,1H3,(H,17,18). The molecular weight excluding hydrogens is 292 g/mol. The van der Waals surface area contributed by atoms with Crippen LogP contribution in [0.3, 0.4) is 0 Å². The van der Waals surface area contributed by atoms with Gasteiger partial charge in [-0.3, -0.25) is 4.98 Å². The van der Waals surface area contributed by atoms with Gasteiger partial charge in [0.15, 0.2) is 0 Å². The molecule has 110 valence electrons. The quantitative estimate of drug-likeness (QED) is 0.906. The van der Waals surface area contributed by atoms with Gasteiger partial charge in [0.1, 0.15) is 0 Å². The maximum atomic E-state index is 12.4. The Kier molecular flexibility index (Phi) is 4.35. The van der Waals surface area contributed by atoms with Gasteiger partial charge in [0.25, 0.3) is 0 Å². The lowest BCUT2D eigenvalue weighted by atomic mass is 10.2. The van der Waals surface area contributed by atoms with Gasteiger partial charge in [-0.05, 0) is 35.9 Å². The number of carboxylic acids is 1. The normalized spacial score (nSPS) is 11.5. The second-order valence-corrected chi connectivity index (χ2v) is 6.50. The van der Waals surface area contributed by atoms with E-state index in [4.69, 9.17) is 5.11 Å². The van der Waals surface area contributed by atoms with Crippen LogP contribution in [0.1, 0.15) is 15.9 Å². The maximum absolute atomic E-state index is 12.4.